The maximum Gasteiger partial charge on any atom is 0.228 e. The van der Waals surface area contributed by atoms with E-state index in [9.17, 15) is 4.79 Å². The molecule has 3 nitrogen and oxygen atoms in total. The summed E-state index contributed by atoms with van der Waals surface area (Å²) in [6.07, 6.45) is 0.921. The first-order valence-electron chi connectivity index (χ1n) is 6.44. The Labute approximate surface area is 137 Å². The highest BCUT2D eigenvalue weighted by molar-refractivity contribution is 9.10. The van der Waals surface area contributed by atoms with Crippen molar-refractivity contribution in [2.45, 2.75) is 12.8 Å². The Hall–Kier alpha value is -1.72. The van der Waals surface area contributed by atoms with E-state index in [0.29, 0.717) is 17.8 Å². The van der Waals surface area contributed by atoms with E-state index >= 15 is 0 Å². The van der Waals surface area contributed by atoms with Crippen LogP contribution in [0, 0.1) is 0 Å². The molecular formula is C16H15BrN2OS. The molecule has 5 heteroatoms. The fraction of sp³-hybridized carbons (Fsp3) is 0.125. The lowest BCUT2D eigenvalue weighted by molar-refractivity contribution is -0.115. The minimum absolute atomic E-state index is 0.0422. The molecule has 0 atom stereocenters. The van der Waals surface area contributed by atoms with Crippen molar-refractivity contribution in [1.82, 2.24) is 0 Å². The number of nitrogens with two attached hydrogens (primary N) is 1. The first-order chi connectivity index (χ1) is 10.0. The molecule has 0 aromatic heterocycles. The summed E-state index contributed by atoms with van der Waals surface area (Å²) in [4.78, 5) is 12.4. The van der Waals surface area contributed by atoms with Crippen LogP contribution >= 0.6 is 28.1 Å². The Morgan fingerprint density at radius 1 is 1.00 bits per heavy atom. The molecule has 0 spiro atoms. The molecule has 0 heterocycles. The third-order valence-corrected chi connectivity index (χ3v) is 3.57. The van der Waals surface area contributed by atoms with Crippen molar-refractivity contribution in [3.8, 4) is 0 Å². The van der Waals surface area contributed by atoms with E-state index in [1.807, 2.05) is 48.5 Å². The summed E-state index contributed by atoms with van der Waals surface area (Å²) >= 11 is 8.24. The van der Waals surface area contributed by atoms with Gasteiger partial charge in [-0.1, -0.05) is 52.4 Å². The predicted octanol–water partition coefficient (Wildman–Crippen LogP) is 3.46. The van der Waals surface area contributed by atoms with E-state index in [4.69, 9.17) is 18.0 Å². The van der Waals surface area contributed by atoms with Crippen LogP contribution in [0.5, 0.6) is 0 Å². The van der Waals surface area contributed by atoms with E-state index in [1.165, 1.54) is 0 Å². The van der Waals surface area contributed by atoms with Crippen LogP contribution in [0.4, 0.5) is 5.69 Å². The molecule has 0 aliphatic heterocycles. The van der Waals surface area contributed by atoms with Gasteiger partial charge in [0.15, 0.2) is 0 Å². The molecule has 21 heavy (non-hydrogen) atoms. The molecule has 3 N–H and O–H groups in total. The van der Waals surface area contributed by atoms with Gasteiger partial charge in [0.05, 0.1) is 11.4 Å². The van der Waals surface area contributed by atoms with Crippen molar-refractivity contribution in [1.29, 1.82) is 0 Å². The summed E-state index contributed by atoms with van der Waals surface area (Å²) in [5.41, 5.74) is 8.27. The van der Waals surface area contributed by atoms with Crippen LogP contribution in [-0.2, 0) is 17.6 Å². The van der Waals surface area contributed by atoms with Gasteiger partial charge in [0.2, 0.25) is 5.91 Å². The lowest BCUT2D eigenvalue weighted by Gasteiger charge is -2.07. The maximum atomic E-state index is 12.0. The fourth-order valence-corrected chi connectivity index (χ4v) is 2.33. The van der Waals surface area contributed by atoms with Crippen molar-refractivity contribution in [3.05, 3.63) is 64.1 Å². The SMILES string of the molecule is NC(=S)Cc1ccc(NC(=O)Cc2ccc(Br)cc2)cc1. The smallest absolute Gasteiger partial charge is 0.228 e. The van der Waals surface area contributed by atoms with Gasteiger partial charge in [-0.05, 0) is 35.4 Å². The zero-order valence-electron chi connectivity index (χ0n) is 11.3. The number of hydrogen-bond donors (Lipinski definition) is 2. The molecule has 2 rings (SSSR count). The minimum Gasteiger partial charge on any atom is -0.393 e. The van der Waals surface area contributed by atoms with Crippen LogP contribution in [0.3, 0.4) is 0 Å². The molecule has 0 saturated heterocycles. The summed E-state index contributed by atoms with van der Waals surface area (Å²) in [6.45, 7) is 0. The molecule has 0 fully saturated rings. The summed E-state index contributed by atoms with van der Waals surface area (Å²) < 4.78 is 1.00. The fourth-order valence-electron chi connectivity index (χ4n) is 1.90. The average Bonchev–Trinajstić information content (AvgIpc) is 2.43. The van der Waals surface area contributed by atoms with Gasteiger partial charge in [-0.25, -0.2) is 0 Å². The number of carbonyl (C=O) groups is 1. The normalized spacial score (nSPS) is 10.1. The predicted molar refractivity (Wildman–Crippen MR) is 93.4 cm³/mol. The Morgan fingerprint density at radius 2 is 1.52 bits per heavy atom. The lowest BCUT2D eigenvalue weighted by atomic mass is 10.1. The Bertz CT molecular complexity index is 638. The van der Waals surface area contributed by atoms with Gasteiger partial charge >= 0.3 is 0 Å². The van der Waals surface area contributed by atoms with Gasteiger partial charge < -0.3 is 11.1 Å². The van der Waals surface area contributed by atoms with E-state index in [2.05, 4.69) is 21.2 Å². The lowest BCUT2D eigenvalue weighted by Crippen LogP contribution is -2.14. The van der Waals surface area contributed by atoms with Crippen LogP contribution in [0.25, 0.3) is 0 Å². The van der Waals surface area contributed by atoms with Crippen LogP contribution in [0.1, 0.15) is 11.1 Å². The third-order valence-electron chi connectivity index (χ3n) is 2.89. The molecule has 108 valence electrons. The number of nitrogens with one attached hydrogen (secondary N) is 1. The zero-order chi connectivity index (χ0) is 15.2. The van der Waals surface area contributed by atoms with Gasteiger partial charge in [-0.3, -0.25) is 4.79 Å². The Kier molecular flexibility index (Phi) is 5.47. The second-order valence-corrected chi connectivity index (χ2v) is 6.13. The first-order valence-corrected chi connectivity index (χ1v) is 7.64. The highest BCUT2D eigenvalue weighted by Gasteiger charge is 2.04. The number of carbonyl (C=O) groups excluding carboxylic acids is 1. The molecule has 2 aromatic rings. The standard InChI is InChI=1S/C16H15BrN2OS/c17-13-5-1-12(2-6-13)10-16(20)19-14-7-3-11(4-8-14)9-15(18)21/h1-8H,9-10H2,(H2,18,21)(H,19,20). The van der Waals surface area contributed by atoms with Crippen molar-refractivity contribution < 1.29 is 4.79 Å². The number of halogens is 1. The first kappa shape index (κ1) is 15.7. The molecule has 0 aliphatic rings. The molecule has 0 bridgehead atoms. The summed E-state index contributed by atoms with van der Waals surface area (Å²) in [7, 11) is 0. The summed E-state index contributed by atoms with van der Waals surface area (Å²) in [5, 5.41) is 2.87. The Balaban J connectivity index is 1.93. The molecule has 1 amide bonds. The zero-order valence-corrected chi connectivity index (χ0v) is 13.7. The van der Waals surface area contributed by atoms with Gasteiger partial charge in [0.1, 0.15) is 0 Å². The average molecular weight is 363 g/mol. The van der Waals surface area contributed by atoms with Crippen LogP contribution in [0.15, 0.2) is 53.0 Å². The van der Waals surface area contributed by atoms with Crippen LogP contribution in [0.2, 0.25) is 0 Å². The Morgan fingerprint density at radius 3 is 2.10 bits per heavy atom. The van der Waals surface area contributed by atoms with E-state index in [-0.39, 0.29) is 5.91 Å². The van der Waals surface area contributed by atoms with Crippen molar-refractivity contribution >= 4 is 44.7 Å². The number of anilines is 1. The van der Waals surface area contributed by atoms with Crippen molar-refractivity contribution in [2.24, 2.45) is 5.73 Å². The second-order valence-electron chi connectivity index (χ2n) is 4.69. The number of rotatable bonds is 5. The van der Waals surface area contributed by atoms with Crippen LogP contribution in [-0.4, -0.2) is 10.9 Å². The van der Waals surface area contributed by atoms with E-state index < -0.39 is 0 Å². The number of benzene rings is 2. The van der Waals surface area contributed by atoms with Crippen LogP contribution < -0.4 is 11.1 Å². The molecule has 0 saturated carbocycles. The van der Waals surface area contributed by atoms with Crippen molar-refractivity contribution in [3.63, 3.8) is 0 Å². The summed E-state index contributed by atoms with van der Waals surface area (Å²) in [6, 6.07) is 15.2. The maximum absolute atomic E-state index is 12.0. The van der Waals surface area contributed by atoms with E-state index in [0.717, 1.165) is 21.3 Å². The molecule has 0 radical (unpaired) electrons. The van der Waals surface area contributed by atoms with E-state index in [1.54, 1.807) is 0 Å². The van der Waals surface area contributed by atoms with Crippen molar-refractivity contribution in [2.75, 3.05) is 5.32 Å². The molecule has 0 aliphatic carbocycles. The summed E-state index contributed by atoms with van der Waals surface area (Å²) in [5.74, 6) is -0.0422. The number of amides is 1. The highest BCUT2D eigenvalue weighted by atomic mass is 79.9. The quantitative estimate of drug-likeness (QED) is 0.800. The number of hydrogen-bond acceptors (Lipinski definition) is 2. The van der Waals surface area contributed by atoms with Gasteiger partial charge in [0, 0.05) is 16.6 Å². The topological polar surface area (TPSA) is 55.1 Å². The highest BCUT2D eigenvalue weighted by Crippen LogP contribution is 2.13. The third kappa shape index (κ3) is 5.28. The molecule has 2 aromatic carbocycles. The second kappa shape index (κ2) is 7.33. The minimum atomic E-state index is -0.0422. The number of thiocarbonyl (C=S) groups is 1. The molecular weight excluding hydrogens is 348 g/mol. The molecule has 0 unspecified atom stereocenters. The van der Waals surface area contributed by atoms with Gasteiger partial charge in [-0.15, -0.1) is 0 Å². The monoisotopic (exact) mass is 362 g/mol. The largest absolute Gasteiger partial charge is 0.393 e. The van der Waals surface area contributed by atoms with Gasteiger partial charge in [-0.2, -0.15) is 0 Å². The van der Waals surface area contributed by atoms with Gasteiger partial charge in [0.25, 0.3) is 0 Å².